The van der Waals surface area contributed by atoms with Crippen molar-refractivity contribution in [2.75, 3.05) is 6.54 Å². The van der Waals surface area contributed by atoms with Crippen molar-refractivity contribution in [3.8, 4) is 0 Å². The van der Waals surface area contributed by atoms with Gasteiger partial charge in [-0.25, -0.2) is 0 Å². The molecule has 0 saturated heterocycles. The molecule has 3 nitrogen and oxygen atoms in total. The van der Waals surface area contributed by atoms with E-state index in [1.807, 2.05) is 24.3 Å². The fourth-order valence-electron chi connectivity index (χ4n) is 3.10. The highest BCUT2D eigenvalue weighted by Crippen LogP contribution is 2.26. The molecule has 0 bridgehead atoms. The van der Waals surface area contributed by atoms with Gasteiger partial charge in [0.05, 0.1) is 6.10 Å². The van der Waals surface area contributed by atoms with E-state index in [9.17, 15) is 9.90 Å². The van der Waals surface area contributed by atoms with E-state index in [0.29, 0.717) is 18.0 Å². The highest BCUT2D eigenvalue weighted by atomic mass is 16.3. The Morgan fingerprint density at radius 3 is 2.52 bits per heavy atom. The fourth-order valence-corrected chi connectivity index (χ4v) is 3.10. The maximum absolute atomic E-state index is 12.1. The van der Waals surface area contributed by atoms with Gasteiger partial charge in [0.15, 0.2) is 0 Å². The highest BCUT2D eigenvalue weighted by molar-refractivity contribution is 5.94. The van der Waals surface area contributed by atoms with Crippen LogP contribution < -0.4 is 5.32 Å². The number of amides is 1. The van der Waals surface area contributed by atoms with E-state index in [4.69, 9.17) is 0 Å². The molecule has 0 aromatic heterocycles. The molecule has 3 heteroatoms. The van der Waals surface area contributed by atoms with Gasteiger partial charge < -0.3 is 10.4 Å². The maximum Gasteiger partial charge on any atom is 0.251 e. The monoisotopic (exact) mass is 289 g/mol. The summed E-state index contributed by atoms with van der Waals surface area (Å²) in [6.07, 6.45) is 7.60. The van der Waals surface area contributed by atoms with Crippen LogP contribution in [0.5, 0.6) is 0 Å². The minimum absolute atomic E-state index is 0.0899. The Bertz CT molecular complexity index is 435. The minimum atomic E-state index is -0.409. The van der Waals surface area contributed by atoms with Crippen LogP contribution in [0.15, 0.2) is 24.3 Å². The Balaban J connectivity index is 1.80. The van der Waals surface area contributed by atoms with Crippen molar-refractivity contribution < 1.29 is 9.90 Å². The zero-order valence-electron chi connectivity index (χ0n) is 13.0. The Hall–Kier alpha value is -1.35. The first-order chi connectivity index (χ1) is 10.2. The van der Waals surface area contributed by atoms with Crippen LogP contribution in [0.25, 0.3) is 0 Å². The second kappa shape index (κ2) is 8.18. The van der Waals surface area contributed by atoms with Crippen LogP contribution in [0.2, 0.25) is 0 Å². The van der Waals surface area contributed by atoms with Crippen molar-refractivity contribution in [1.29, 1.82) is 0 Å². The molecule has 21 heavy (non-hydrogen) atoms. The van der Waals surface area contributed by atoms with Gasteiger partial charge in [0, 0.05) is 12.1 Å². The van der Waals surface area contributed by atoms with Gasteiger partial charge in [-0.05, 0) is 42.9 Å². The summed E-state index contributed by atoms with van der Waals surface area (Å²) < 4.78 is 0. The number of hydrogen-bond acceptors (Lipinski definition) is 2. The molecule has 1 unspecified atom stereocenters. The summed E-state index contributed by atoms with van der Waals surface area (Å²) in [7, 11) is 0. The zero-order valence-corrected chi connectivity index (χ0v) is 13.0. The number of benzene rings is 1. The van der Waals surface area contributed by atoms with E-state index in [-0.39, 0.29) is 5.91 Å². The highest BCUT2D eigenvalue weighted by Gasteiger charge is 2.22. The fraction of sp³-hybridized carbons (Fsp3) is 0.611. The van der Waals surface area contributed by atoms with Crippen LogP contribution in [-0.2, 0) is 6.42 Å². The van der Waals surface area contributed by atoms with Gasteiger partial charge in [0.2, 0.25) is 0 Å². The van der Waals surface area contributed by atoms with Crippen molar-refractivity contribution in [2.45, 2.75) is 58.0 Å². The molecule has 0 spiro atoms. The third kappa shape index (κ3) is 4.85. The van der Waals surface area contributed by atoms with Gasteiger partial charge in [0.25, 0.3) is 5.91 Å². The van der Waals surface area contributed by atoms with Crippen LogP contribution in [0, 0.1) is 5.92 Å². The Morgan fingerprint density at radius 1 is 1.24 bits per heavy atom. The minimum Gasteiger partial charge on any atom is -0.391 e. The summed E-state index contributed by atoms with van der Waals surface area (Å²) in [6.45, 7) is 2.51. The number of carbonyl (C=O) groups excluding carboxylic acids is 1. The van der Waals surface area contributed by atoms with Crippen molar-refractivity contribution in [3.05, 3.63) is 35.4 Å². The normalized spacial score (nSPS) is 17.4. The predicted octanol–water partition coefficient (Wildman–Crippen LogP) is 3.31. The van der Waals surface area contributed by atoms with Gasteiger partial charge in [-0.3, -0.25) is 4.79 Å². The van der Waals surface area contributed by atoms with E-state index in [0.717, 1.165) is 25.7 Å². The summed E-state index contributed by atoms with van der Waals surface area (Å²) >= 11 is 0. The van der Waals surface area contributed by atoms with Crippen molar-refractivity contribution >= 4 is 5.91 Å². The molecule has 1 aliphatic carbocycles. The topological polar surface area (TPSA) is 49.3 Å². The molecule has 0 heterocycles. The zero-order chi connectivity index (χ0) is 15.1. The number of hydrogen-bond donors (Lipinski definition) is 2. The second-order valence-electron chi connectivity index (χ2n) is 6.12. The average molecular weight is 289 g/mol. The number of nitrogens with one attached hydrogen (secondary N) is 1. The predicted molar refractivity (Wildman–Crippen MR) is 85.4 cm³/mol. The largest absolute Gasteiger partial charge is 0.391 e. The lowest BCUT2D eigenvalue weighted by Gasteiger charge is -2.26. The van der Waals surface area contributed by atoms with Crippen molar-refractivity contribution in [1.82, 2.24) is 5.32 Å². The number of aliphatic hydroxyl groups is 1. The summed E-state index contributed by atoms with van der Waals surface area (Å²) in [4.78, 5) is 12.1. The molecule has 1 fully saturated rings. The summed E-state index contributed by atoms with van der Waals surface area (Å²) in [5.74, 6) is 0.263. The summed E-state index contributed by atoms with van der Waals surface area (Å²) in [5.41, 5.74) is 1.93. The number of aliphatic hydroxyl groups excluding tert-OH is 1. The van der Waals surface area contributed by atoms with Crippen molar-refractivity contribution in [3.63, 3.8) is 0 Å². The van der Waals surface area contributed by atoms with Gasteiger partial charge in [-0.2, -0.15) is 0 Å². The molecule has 2 N–H and O–H groups in total. The number of carbonyl (C=O) groups is 1. The number of aryl methyl sites for hydroxylation is 1. The molecule has 1 aliphatic rings. The molecular weight excluding hydrogens is 262 g/mol. The molecule has 1 amide bonds. The van der Waals surface area contributed by atoms with E-state index >= 15 is 0 Å². The molecule has 1 saturated carbocycles. The standard InChI is InChI=1S/C18H27NO2/c1-2-6-14-9-11-16(12-10-14)18(21)19-13-17(20)15-7-4-3-5-8-15/h9-12,15,17,20H,2-8,13H2,1H3,(H,19,21). The lowest BCUT2D eigenvalue weighted by molar-refractivity contribution is 0.0738. The maximum atomic E-state index is 12.1. The van der Waals surface area contributed by atoms with E-state index in [2.05, 4.69) is 12.2 Å². The number of rotatable bonds is 6. The van der Waals surface area contributed by atoms with Crippen molar-refractivity contribution in [2.24, 2.45) is 5.92 Å². The van der Waals surface area contributed by atoms with Crippen LogP contribution in [0.1, 0.15) is 61.4 Å². The molecule has 1 aromatic rings. The Kier molecular flexibility index (Phi) is 6.24. The lowest BCUT2D eigenvalue weighted by atomic mass is 9.85. The molecule has 2 rings (SSSR count). The first kappa shape index (κ1) is 16.0. The quantitative estimate of drug-likeness (QED) is 0.844. The van der Waals surface area contributed by atoms with Crippen LogP contribution in [0.4, 0.5) is 0 Å². The van der Waals surface area contributed by atoms with Crippen LogP contribution in [0.3, 0.4) is 0 Å². The van der Waals surface area contributed by atoms with Crippen LogP contribution in [-0.4, -0.2) is 23.7 Å². The smallest absolute Gasteiger partial charge is 0.251 e. The summed E-state index contributed by atoms with van der Waals surface area (Å²) in [5, 5.41) is 13.0. The first-order valence-electron chi connectivity index (χ1n) is 8.26. The molecule has 116 valence electrons. The summed E-state index contributed by atoms with van der Waals surface area (Å²) in [6, 6.07) is 7.76. The van der Waals surface area contributed by atoms with Gasteiger partial charge >= 0.3 is 0 Å². The Morgan fingerprint density at radius 2 is 1.90 bits per heavy atom. The third-order valence-corrected chi connectivity index (χ3v) is 4.42. The van der Waals surface area contributed by atoms with E-state index in [1.165, 1.54) is 24.8 Å². The van der Waals surface area contributed by atoms with Gasteiger partial charge in [-0.1, -0.05) is 44.7 Å². The van der Waals surface area contributed by atoms with E-state index < -0.39 is 6.10 Å². The molecule has 0 aliphatic heterocycles. The SMILES string of the molecule is CCCc1ccc(C(=O)NCC(O)C2CCCCC2)cc1. The molecule has 0 radical (unpaired) electrons. The molecule has 1 atom stereocenters. The van der Waals surface area contributed by atoms with Gasteiger partial charge in [0.1, 0.15) is 0 Å². The molecule has 1 aromatic carbocycles. The van der Waals surface area contributed by atoms with E-state index in [1.54, 1.807) is 0 Å². The second-order valence-corrected chi connectivity index (χ2v) is 6.12. The average Bonchev–Trinajstić information content (AvgIpc) is 2.54. The Labute approximate surface area is 127 Å². The molecular formula is C18H27NO2. The lowest BCUT2D eigenvalue weighted by Crippen LogP contribution is -2.37. The first-order valence-corrected chi connectivity index (χ1v) is 8.26. The van der Waals surface area contributed by atoms with Gasteiger partial charge in [-0.15, -0.1) is 0 Å². The third-order valence-electron chi connectivity index (χ3n) is 4.42. The van der Waals surface area contributed by atoms with Crippen LogP contribution >= 0.6 is 0 Å².